The minimum atomic E-state index is -4.42. The fourth-order valence-corrected chi connectivity index (χ4v) is 7.86. The zero-order valence-corrected chi connectivity index (χ0v) is 22.3. The number of alkyl halides is 4. The number of carbonyl (C=O) groups excluding carboxylic acids is 1. The highest BCUT2D eigenvalue weighted by molar-refractivity contribution is 5.79. The summed E-state index contributed by atoms with van der Waals surface area (Å²) >= 11 is 0. The van der Waals surface area contributed by atoms with E-state index in [2.05, 4.69) is 27.0 Å². The van der Waals surface area contributed by atoms with Crippen molar-refractivity contribution in [3.05, 3.63) is 23.9 Å². The van der Waals surface area contributed by atoms with Gasteiger partial charge in [-0.2, -0.15) is 23.7 Å². The van der Waals surface area contributed by atoms with E-state index in [-0.39, 0.29) is 42.5 Å². The number of anilines is 1. The first-order chi connectivity index (χ1) is 19.0. The van der Waals surface area contributed by atoms with E-state index < -0.39 is 24.0 Å². The summed E-state index contributed by atoms with van der Waals surface area (Å²) in [6.45, 7) is 1.04. The van der Waals surface area contributed by atoms with Gasteiger partial charge in [-0.05, 0) is 81.9 Å². The Bertz CT molecular complexity index is 1140. The molecule has 0 radical (unpaired) electrons. The molecule has 6 aliphatic rings. The van der Waals surface area contributed by atoms with Crippen molar-refractivity contribution < 1.29 is 22.4 Å². The van der Waals surface area contributed by atoms with Crippen LogP contribution in [0.4, 0.5) is 23.4 Å². The molecular formula is C28H35F4N7O. The summed E-state index contributed by atoms with van der Waals surface area (Å²) in [5, 5.41) is 27.4. The van der Waals surface area contributed by atoms with Gasteiger partial charge in [-0.15, -0.1) is 0 Å². The van der Waals surface area contributed by atoms with Gasteiger partial charge < -0.3 is 20.9 Å². The molecule has 4 saturated carbocycles. The highest BCUT2D eigenvalue weighted by atomic mass is 19.4. The van der Waals surface area contributed by atoms with Crippen LogP contribution in [0.3, 0.4) is 0 Å². The van der Waals surface area contributed by atoms with Crippen molar-refractivity contribution in [1.29, 1.82) is 10.5 Å². The second kappa shape index (κ2) is 11.1. The smallest absolute Gasteiger partial charge is 0.365 e. The number of likely N-dealkylation sites (tertiary alicyclic amines) is 1. The molecule has 4 bridgehead atoms. The number of amides is 1. The maximum absolute atomic E-state index is 13.7. The molecule has 12 heteroatoms. The Kier molecular flexibility index (Phi) is 7.95. The van der Waals surface area contributed by atoms with Crippen LogP contribution in [0.1, 0.15) is 63.4 Å². The van der Waals surface area contributed by atoms with Crippen molar-refractivity contribution >= 4 is 11.7 Å². The molecule has 3 heterocycles. The summed E-state index contributed by atoms with van der Waals surface area (Å²) in [5.41, 5.74) is -1.31. The van der Waals surface area contributed by atoms with Crippen molar-refractivity contribution in [2.24, 2.45) is 11.8 Å². The van der Waals surface area contributed by atoms with Gasteiger partial charge in [0.2, 0.25) is 5.91 Å². The summed E-state index contributed by atoms with van der Waals surface area (Å²) in [4.78, 5) is 18.1. The number of hydrogen-bond donors (Lipinski definition) is 3. The monoisotopic (exact) mass is 561 g/mol. The van der Waals surface area contributed by atoms with E-state index in [1.807, 2.05) is 6.07 Å². The van der Waals surface area contributed by atoms with Gasteiger partial charge in [-0.25, -0.2) is 9.37 Å². The van der Waals surface area contributed by atoms with Crippen LogP contribution >= 0.6 is 0 Å². The average molecular weight is 562 g/mol. The Morgan fingerprint density at radius 2 is 1.85 bits per heavy atom. The maximum atomic E-state index is 13.7. The summed E-state index contributed by atoms with van der Waals surface area (Å²) < 4.78 is 52.4. The van der Waals surface area contributed by atoms with Crippen molar-refractivity contribution in [2.45, 2.75) is 93.3 Å². The first kappa shape index (κ1) is 28.6. The lowest BCUT2D eigenvalue weighted by atomic mass is 9.50. The number of nitriles is 2. The second-order valence-corrected chi connectivity index (χ2v) is 12.2. The molecule has 5 atom stereocenters. The molecule has 0 spiro atoms. The Hall–Kier alpha value is -2.96. The van der Waals surface area contributed by atoms with Gasteiger partial charge in [0.1, 0.15) is 18.0 Å². The number of carbonyl (C=O) groups is 1. The van der Waals surface area contributed by atoms with Crippen LogP contribution < -0.4 is 16.0 Å². The number of rotatable bonds is 5. The molecule has 2 aliphatic heterocycles. The van der Waals surface area contributed by atoms with E-state index in [0.29, 0.717) is 17.7 Å². The lowest BCUT2D eigenvalue weighted by Crippen LogP contribution is -2.67. The van der Waals surface area contributed by atoms with E-state index in [4.69, 9.17) is 5.26 Å². The molecule has 1 aromatic heterocycles. The summed E-state index contributed by atoms with van der Waals surface area (Å²) in [6, 6.07) is 6.03. The molecule has 2 saturated heterocycles. The Balaban J connectivity index is 0.000000403. The molecule has 40 heavy (non-hydrogen) atoms. The third kappa shape index (κ3) is 6.18. The minimum Gasteiger partial charge on any atom is -0.365 e. The number of nitrogens with zero attached hydrogens (tertiary/aromatic N) is 4. The van der Waals surface area contributed by atoms with Gasteiger partial charge in [-0.3, -0.25) is 4.79 Å². The van der Waals surface area contributed by atoms with Gasteiger partial charge in [-0.1, -0.05) is 0 Å². The second-order valence-electron chi connectivity index (χ2n) is 12.2. The van der Waals surface area contributed by atoms with Crippen LogP contribution in [0.25, 0.3) is 0 Å². The molecule has 0 aromatic carbocycles. The van der Waals surface area contributed by atoms with E-state index in [1.165, 1.54) is 11.0 Å². The average Bonchev–Trinajstić information content (AvgIpc) is 3.56. The number of pyridine rings is 1. The van der Waals surface area contributed by atoms with Crippen LogP contribution in [-0.2, 0) is 11.0 Å². The normalized spacial score (nSPS) is 36.0. The molecule has 1 amide bonds. The molecule has 7 rings (SSSR count). The quantitative estimate of drug-likeness (QED) is 0.467. The Morgan fingerprint density at radius 3 is 2.40 bits per heavy atom. The van der Waals surface area contributed by atoms with Crippen LogP contribution in [-0.4, -0.2) is 64.8 Å². The first-order valence-corrected chi connectivity index (χ1v) is 14.0. The zero-order chi connectivity index (χ0) is 28.5. The zero-order valence-electron chi connectivity index (χ0n) is 22.3. The number of aromatic nitrogens is 1. The molecular weight excluding hydrogens is 526 g/mol. The lowest BCUT2D eigenvalue weighted by Gasteiger charge is -2.62. The minimum absolute atomic E-state index is 0.0396. The molecule has 6 fully saturated rings. The van der Waals surface area contributed by atoms with Crippen molar-refractivity contribution in [2.75, 3.05) is 25.0 Å². The molecule has 4 aliphatic carbocycles. The van der Waals surface area contributed by atoms with Crippen LogP contribution in [0.15, 0.2) is 18.3 Å². The van der Waals surface area contributed by atoms with E-state index in [0.717, 1.165) is 70.2 Å². The van der Waals surface area contributed by atoms with Gasteiger partial charge >= 0.3 is 6.18 Å². The lowest BCUT2D eigenvalue weighted by molar-refractivity contribution is -0.137. The Morgan fingerprint density at radius 1 is 1.12 bits per heavy atom. The van der Waals surface area contributed by atoms with Gasteiger partial charge in [0.05, 0.1) is 36.8 Å². The summed E-state index contributed by atoms with van der Waals surface area (Å²) in [5.74, 6) is 1.09. The van der Waals surface area contributed by atoms with Crippen molar-refractivity contribution in [1.82, 2.24) is 20.5 Å². The van der Waals surface area contributed by atoms with Crippen molar-refractivity contribution in [3.8, 4) is 12.1 Å². The standard InChI is InChI=1S/C23H27F4N5O.C5H8N2/c24-17-4-18(9-28)32(12-17)20(33)11-30-21-5-14-3-15(6-21)8-22(7-14,13-21)31-19-2-1-16(10-29-19)23(25,26)27;6-4-5-2-1-3-7-5/h1-2,10,14-15,17-18,30H,3-8,11-13H2,(H,29,31);5,7H,1-3H2/t14?,15?,17-,18-,21?,22?;/m0./s1. The molecule has 216 valence electrons. The third-order valence-corrected chi connectivity index (χ3v) is 9.10. The predicted molar refractivity (Wildman–Crippen MR) is 138 cm³/mol. The van der Waals surface area contributed by atoms with Crippen LogP contribution in [0, 0.1) is 34.5 Å². The first-order valence-electron chi connectivity index (χ1n) is 14.0. The number of nitrogens with one attached hydrogen (secondary N) is 3. The highest BCUT2D eigenvalue weighted by Crippen LogP contribution is 2.58. The largest absolute Gasteiger partial charge is 0.417 e. The molecule has 3 N–H and O–H groups in total. The van der Waals surface area contributed by atoms with Crippen LogP contribution in [0.5, 0.6) is 0 Å². The third-order valence-electron chi connectivity index (χ3n) is 9.10. The molecule has 8 nitrogen and oxygen atoms in total. The van der Waals surface area contributed by atoms with Crippen LogP contribution in [0.2, 0.25) is 0 Å². The maximum Gasteiger partial charge on any atom is 0.417 e. The van der Waals surface area contributed by atoms with Gasteiger partial charge in [0, 0.05) is 23.7 Å². The number of halogens is 4. The molecule has 1 aromatic rings. The number of hydrogen-bond acceptors (Lipinski definition) is 7. The summed E-state index contributed by atoms with van der Waals surface area (Å²) in [6.07, 6.45) is 3.13. The SMILES string of the molecule is N#CC1CCCN1.N#C[C@@H]1C[C@H](F)CN1C(=O)CNC12CC3CC(C1)CC(Nc1ccc(C(F)(F)F)cn1)(C3)C2. The van der Waals surface area contributed by atoms with Gasteiger partial charge in [0.15, 0.2) is 0 Å². The Labute approximate surface area is 231 Å². The highest BCUT2D eigenvalue weighted by Gasteiger charge is 2.58. The molecule has 3 unspecified atom stereocenters. The van der Waals surface area contributed by atoms with E-state index in [9.17, 15) is 27.6 Å². The fourth-order valence-electron chi connectivity index (χ4n) is 7.86. The predicted octanol–water partition coefficient (Wildman–Crippen LogP) is 3.92. The topological polar surface area (TPSA) is 117 Å². The van der Waals surface area contributed by atoms with E-state index >= 15 is 0 Å². The fraction of sp³-hybridized carbons (Fsp3) is 0.714. The van der Waals surface area contributed by atoms with E-state index in [1.54, 1.807) is 0 Å². The summed E-state index contributed by atoms with van der Waals surface area (Å²) in [7, 11) is 0. The van der Waals surface area contributed by atoms with Gasteiger partial charge in [0.25, 0.3) is 0 Å². The van der Waals surface area contributed by atoms with Crippen molar-refractivity contribution in [3.63, 3.8) is 0 Å².